The average molecular weight is 447 g/mol. The number of fused-ring (bicyclic) bond motifs is 6. The summed E-state index contributed by atoms with van der Waals surface area (Å²) < 4.78 is 0. The van der Waals surface area contributed by atoms with Gasteiger partial charge >= 0.3 is 0 Å². The predicted octanol–water partition coefficient (Wildman–Crippen LogP) is 4.59. The second-order valence-electron chi connectivity index (χ2n) is 13.7. The first kappa shape index (κ1) is 23.3. The SMILES string of the molecule is CC12CCC3C(C)(O)C(O)CCC3(C)C1CCC1C(=CCC3C(C)(O)C(O)CCC13C)C2. The Bertz CT molecular complexity index is 801. The summed E-state index contributed by atoms with van der Waals surface area (Å²) in [7, 11) is 0. The standard InChI is InChI=1S/C28H46O4/c1-24-13-10-21-26(3,15-12-23(30)28(21,5)32)19(24)9-7-18-17(16-24)6-8-20-25(18,2)14-11-22(29)27(20,4)31/h6,18-23,29-32H,7-16H2,1-5H3. The molecule has 182 valence electrons. The topological polar surface area (TPSA) is 80.9 Å². The maximum atomic E-state index is 11.3. The van der Waals surface area contributed by atoms with Gasteiger partial charge in [-0.05, 0) is 118 Å². The first-order valence-corrected chi connectivity index (χ1v) is 13.3. The van der Waals surface area contributed by atoms with Gasteiger partial charge in [0.1, 0.15) is 0 Å². The molecule has 0 spiro atoms. The summed E-state index contributed by atoms with van der Waals surface area (Å²) in [5, 5.41) is 43.8. The van der Waals surface area contributed by atoms with Crippen LogP contribution >= 0.6 is 0 Å². The van der Waals surface area contributed by atoms with Gasteiger partial charge in [0, 0.05) is 0 Å². The Morgan fingerprint density at radius 3 is 1.94 bits per heavy atom. The van der Waals surface area contributed by atoms with Gasteiger partial charge in [-0.1, -0.05) is 32.4 Å². The highest BCUT2D eigenvalue weighted by Gasteiger charge is 2.64. The van der Waals surface area contributed by atoms with Crippen LogP contribution in [0, 0.1) is 39.9 Å². The second-order valence-corrected chi connectivity index (χ2v) is 13.7. The molecule has 4 saturated carbocycles. The van der Waals surface area contributed by atoms with E-state index in [2.05, 4.69) is 26.8 Å². The normalized spacial score (nSPS) is 60.2. The fraction of sp³-hybridized carbons (Fsp3) is 0.929. The van der Waals surface area contributed by atoms with E-state index in [9.17, 15) is 20.4 Å². The number of aliphatic hydroxyl groups is 4. The third-order valence-corrected chi connectivity index (χ3v) is 12.1. The van der Waals surface area contributed by atoms with Gasteiger partial charge in [0.2, 0.25) is 0 Å². The molecular formula is C28H46O4. The van der Waals surface area contributed by atoms with Crippen molar-refractivity contribution in [3.63, 3.8) is 0 Å². The Morgan fingerprint density at radius 1 is 0.688 bits per heavy atom. The molecule has 4 nitrogen and oxygen atoms in total. The molecule has 0 aromatic rings. The van der Waals surface area contributed by atoms with Crippen LogP contribution in [0.3, 0.4) is 0 Å². The molecule has 0 aromatic heterocycles. The van der Waals surface area contributed by atoms with Crippen molar-refractivity contribution < 1.29 is 20.4 Å². The lowest BCUT2D eigenvalue weighted by Gasteiger charge is -2.62. The zero-order chi connectivity index (χ0) is 23.3. The summed E-state index contributed by atoms with van der Waals surface area (Å²) in [6, 6.07) is 0. The summed E-state index contributed by atoms with van der Waals surface area (Å²) in [5.41, 5.74) is -0.103. The highest BCUT2D eigenvalue weighted by molar-refractivity contribution is 5.26. The van der Waals surface area contributed by atoms with Gasteiger partial charge in [0.05, 0.1) is 23.4 Å². The van der Waals surface area contributed by atoms with Crippen LogP contribution < -0.4 is 0 Å². The lowest BCUT2D eigenvalue weighted by Crippen LogP contribution is -2.62. The largest absolute Gasteiger partial charge is 0.390 e. The first-order valence-electron chi connectivity index (χ1n) is 13.3. The van der Waals surface area contributed by atoms with E-state index in [1.807, 2.05) is 13.8 Å². The molecule has 11 atom stereocenters. The number of hydrogen-bond acceptors (Lipinski definition) is 4. The minimum absolute atomic E-state index is 0.0330. The quantitative estimate of drug-likeness (QED) is 0.410. The van der Waals surface area contributed by atoms with Crippen LogP contribution in [0.2, 0.25) is 0 Å². The van der Waals surface area contributed by atoms with E-state index < -0.39 is 23.4 Å². The monoisotopic (exact) mass is 446 g/mol. The van der Waals surface area contributed by atoms with Crippen molar-refractivity contribution >= 4 is 0 Å². The van der Waals surface area contributed by atoms with Gasteiger partial charge in [0.25, 0.3) is 0 Å². The van der Waals surface area contributed by atoms with Crippen molar-refractivity contribution in [3.8, 4) is 0 Å². The molecule has 4 N–H and O–H groups in total. The summed E-state index contributed by atoms with van der Waals surface area (Å²) in [6.07, 6.45) is 11.0. The minimum Gasteiger partial charge on any atom is -0.390 e. The fourth-order valence-corrected chi connectivity index (χ4v) is 10.3. The molecule has 5 rings (SSSR count). The first-order chi connectivity index (χ1) is 14.8. The Hall–Kier alpha value is -0.420. The molecule has 0 saturated heterocycles. The lowest BCUT2D eigenvalue weighted by molar-refractivity contribution is -0.214. The number of rotatable bonds is 0. The summed E-state index contributed by atoms with van der Waals surface area (Å²) >= 11 is 0. The van der Waals surface area contributed by atoms with E-state index in [4.69, 9.17) is 0 Å². The van der Waals surface area contributed by atoms with E-state index in [0.717, 1.165) is 51.4 Å². The van der Waals surface area contributed by atoms with Crippen LogP contribution in [0.5, 0.6) is 0 Å². The van der Waals surface area contributed by atoms with E-state index in [-0.39, 0.29) is 28.1 Å². The van der Waals surface area contributed by atoms with Crippen LogP contribution in [-0.2, 0) is 0 Å². The van der Waals surface area contributed by atoms with Crippen LogP contribution in [-0.4, -0.2) is 43.8 Å². The van der Waals surface area contributed by atoms with Gasteiger partial charge in [-0.2, -0.15) is 0 Å². The van der Waals surface area contributed by atoms with E-state index >= 15 is 0 Å². The fourth-order valence-electron chi connectivity index (χ4n) is 10.3. The van der Waals surface area contributed by atoms with Crippen molar-refractivity contribution in [2.75, 3.05) is 0 Å². The Morgan fingerprint density at radius 2 is 1.28 bits per heavy atom. The maximum absolute atomic E-state index is 11.3. The summed E-state index contributed by atoms with van der Waals surface area (Å²) in [6.45, 7) is 11.0. The van der Waals surface area contributed by atoms with E-state index in [0.29, 0.717) is 24.7 Å². The third kappa shape index (κ3) is 2.94. The number of allylic oxidation sites excluding steroid dienone is 2. The molecule has 0 radical (unpaired) electrons. The minimum atomic E-state index is -1.02. The van der Waals surface area contributed by atoms with Crippen molar-refractivity contribution in [2.24, 2.45) is 39.9 Å². The molecule has 32 heavy (non-hydrogen) atoms. The molecule has 5 aliphatic carbocycles. The van der Waals surface area contributed by atoms with Crippen molar-refractivity contribution in [1.29, 1.82) is 0 Å². The highest BCUT2D eigenvalue weighted by atomic mass is 16.3. The van der Waals surface area contributed by atoms with E-state index in [1.165, 1.54) is 0 Å². The van der Waals surface area contributed by atoms with Gasteiger partial charge in [-0.25, -0.2) is 0 Å². The van der Waals surface area contributed by atoms with Gasteiger partial charge in [-0.3, -0.25) is 0 Å². The highest BCUT2D eigenvalue weighted by Crippen LogP contribution is 2.68. The molecule has 0 bridgehead atoms. The number of hydrogen-bond donors (Lipinski definition) is 4. The average Bonchev–Trinajstić information content (AvgIpc) is 2.86. The smallest absolute Gasteiger partial charge is 0.0913 e. The van der Waals surface area contributed by atoms with Crippen LogP contribution in [0.15, 0.2) is 11.6 Å². The van der Waals surface area contributed by atoms with Gasteiger partial charge < -0.3 is 20.4 Å². The Labute approximate surface area is 194 Å². The van der Waals surface area contributed by atoms with E-state index in [1.54, 1.807) is 5.57 Å². The van der Waals surface area contributed by atoms with Crippen LogP contribution in [0.25, 0.3) is 0 Å². The molecule has 4 heteroatoms. The molecule has 0 aromatic carbocycles. The summed E-state index contributed by atoms with van der Waals surface area (Å²) in [5.74, 6) is 1.27. The predicted molar refractivity (Wildman–Crippen MR) is 126 cm³/mol. The molecule has 11 unspecified atom stereocenters. The Kier molecular flexibility index (Phi) is 5.14. The zero-order valence-corrected chi connectivity index (χ0v) is 20.9. The van der Waals surface area contributed by atoms with Crippen molar-refractivity contribution in [3.05, 3.63) is 11.6 Å². The Balaban J connectivity index is 1.50. The summed E-state index contributed by atoms with van der Waals surface area (Å²) in [4.78, 5) is 0. The van der Waals surface area contributed by atoms with Gasteiger partial charge in [0.15, 0.2) is 0 Å². The third-order valence-electron chi connectivity index (χ3n) is 12.1. The second kappa shape index (κ2) is 7.06. The van der Waals surface area contributed by atoms with Crippen LogP contribution in [0.4, 0.5) is 0 Å². The molecule has 0 aliphatic heterocycles. The lowest BCUT2D eigenvalue weighted by atomic mass is 9.44. The molecule has 0 amide bonds. The number of aliphatic hydroxyl groups excluding tert-OH is 2. The zero-order valence-electron chi connectivity index (χ0n) is 20.9. The van der Waals surface area contributed by atoms with Crippen molar-refractivity contribution in [1.82, 2.24) is 0 Å². The van der Waals surface area contributed by atoms with Crippen molar-refractivity contribution in [2.45, 2.75) is 122 Å². The molecule has 4 fully saturated rings. The van der Waals surface area contributed by atoms with Crippen LogP contribution in [0.1, 0.15) is 98.8 Å². The maximum Gasteiger partial charge on any atom is 0.0913 e. The van der Waals surface area contributed by atoms with Gasteiger partial charge in [-0.15, -0.1) is 0 Å². The molecule has 5 aliphatic rings. The molecular weight excluding hydrogens is 400 g/mol. The molecule has 0 heterocycles.